The lowest BCUT2D eigenvalue weighted by Crippen LogP contribution is -2.45. The van der Waals surface area contributed by atoms with Gasteiger partial charge in [0.1, 0.15) is 0 Å². The molecule has 1 aliphatic rings. The van der Waals surface area contributed by atoms with Gasteiger partial charge in [-0.05, 0) is 44.4 Å². The molecule has 4 nitrogen and oxygen atoms in total. The van der Waals surface area contributed by atoms with Crippen LogP contribution in [0.1, 0.15) is 32.3 Å². The molecule has 1 aromatic carbocycles. The summed E-state index contributed by atoms with van der Waals surface area (Å²) < 4.78 is 10.9. The average molecular weight is 265 g/mol. The largest absolute Gasteiger partial charge is 0.504 e. The van der Waals surface area contributed by atoms with Crippen molar-refractivity contribution < 1.29 is 14.6 Å². The first-order valence-electron chi connectivity index (χ1n) is 7.02. The van der Waals surface area contributed by atoms with Crippen molar-refractivity contribution in [1.82, 2.24) is 5.32 Å². The predicted octanol–water partition coefficient (Wildman–Crippen LogP) is 2.45. The van der Waals surface area contributed by atoms with E-state index in [9.17, 15) is 5.11 Å². The number of phenols is 1. The average Bonchev–Trinajstić information content (AvgIpc) is 2.36. The number of rotatable bonds is 7. The second-order valence-electron chi connectivity index (χ2n) is 4.86. The third-order valence-electron chi connectivity index (χ3n) is 3.42. The normalized spacial score (nSPS) is 22.0. The number of benzene rings is 1. The van der Waals surface area contributed by atoms with Gasteiger partial charge in [0.15, 0.2) is 11.5 Å². The Bertz CT molecular complexity index is 402. The molecule has 0 saturated heterocycles. The van der Waals surface area contributed by atoms with Crippen LogP contribution in [0.4, 0.5) is 0 Å². The van der Waals surface area contributed by atoms with E-state index < -0.39 is 0 Å². The Morgan fingerprint density at radius 2 is 2.05 bits per heavy atom. The van der Waals surface area contributed by atoms with E-state index in [0.717, 1.165) is 31.6 Å². The highest BCUT2D eigenvalue weighted by Gasteiger charge is 2.28. The Morgan fingerprint density at radius 1 is 1.26 bits per heavy atom. The van der Waals surface area contributed by atoms with E-state index in [4.69, 9.17) is 9.47 Å². The zero-order valence-corrected chi connectivity index (χ0v) is 11.7. The van der Waals surface area contributed by atoms with Crippen LogP contribution in [-0.2, 0) is 11.3 Å². The first-order chi connectivity index (χ1) is 9.22. The van der Waals surface area contributed by atoms with Gasteiger partial charge in [-0.3, -0.25) is 0 Å². The zero-order valence-electron chi connectivity index (χ0n) is 11.7. The number of hydrogen-bond donors (Lipinski definition) is 2. The van der Waals surface area contributed by atoms with Crippen LogP contribution in [0.5, 0.6) is 11.5 Å². The SMILES string of the molecule is CCOc1cc(CNC2CC(OCC)C2)ccc1O. The van der Waals surface area contributed by atoms with E-state index in [1.807, 2.05) is 26.0 Å². The van der Waals surface area contributed by atoms with Crippen LogP contribution in [0.15, 0.2) is 18.2 Å². The van der Waals surface area contributed by atoms with Crippen LogP contribution < -0.4 is 10.1 Å². The highest BCUT2D eigenvalue weighted by Crippen LogP contribution is 2.27. The summed E-state index contributed by atoms with van der Waals surface area (Å²) in [4.78, 5) is 0. The van der Waals surface area contributed by atoms with E-state index in [1.54, 1.807) is 6.07 Å². The predicted molar refractivity (Wildman–Crippen MR) is 74.6 cm³/mol. The maximum Gasteiger partial charge on any atom is 0.161 e. The standard InChI is InChI=1S/C15H23NO3/c1-3-18-13-8-12(9-13)16-10-11-5-6-14(17)15(7-11)19-4-2/h5-7,12-13,16-17H,3-4,8-10H2,1-2H3. The maximum atomic E-state index is 9.63. The van der Waals surface area contributed by atoms with E-state index in [2.05, 4.69) is 5.32 Å². The van der Waals surface area contributed by atoms with Crippen molar-refractivity contribution in [2.75, 3.05) is 13.2 Å². The molecular weight excluding hydrogens is 242 g/mol. The molecule has 0 aromatic heterocycles. The molecular formula is C15H23NO3. The number of hydrogen-bond acceptors (Lipinski definition) is 4. The fourth-order valence-corrected chi connectivity index (χ4v) is 2.31. The first kappa shape index (κ1) is 14.2. The molecule has 19 heavy (non-hydrogen) atoms. The van der Waals surface area contributed by atoms with Crippen molar-refractivity contribution in [2.24, 2.45) is 0 Å². The lowest BCUT2D eigenvalue weighted by atomic mass is 9.89. The van der Waals surface area contributed by atoms with Gasteiger partial charge in [-0.25, -0.2) is 0 Å². The van der Waals surface area contributed by atoms with Crippen molar-refractivity contribution in [2.45, 2.75) is 45.4 Å². The number of nitrogens with one attached hydrogen (secondary N) is 1. The Hall–Kier alpha value is -1.26. The molecule has 0 atom stereocenters. The minimum absolute atomic E-state index is 0.200. The molecule has 1 aliphatic carbocycles. The minimum atomic E-state index is 0.200. The van der Waals surface area contributed by atoms with Crippen LogP contribution in [0.25, 0.3) is 0 Å². The van der Waals surface area contributed by atoms with Crippen molar-refractivity contribution in [3.8, 4) is 11.5 Å². The second kappa shape index (κ2) is 6.78. The van der Waals surface area contributed by atoms with Crippen molar-refractivity contribution in [3.05, 3.63) is 23.8 Å². The molecule has 0 unspecified atom stereocenters. The van der Waals surface area contributed by atoms with Crippen LogP contribution in [0.3, 0.4) is 0 Å². The van der Waals surface area contributed by atoms with Gasteiger partial charge in [0.25, 0.3) is 0 Å². The first-order valence-corrected chi connectivity index (χ1v) is 7.02. The Labute approximate surface area is 114 Å². The summed E-state index contributed by atoms with van der Waals surface area (Å²) in [6.07, 6.45) is 2.61. The Morgan fingerprint density at radius 3 is 2.74 bits per heavy atom. The van der Waals surface area contributed by atoms with Crippen molar-refractivity contribution in [3.63, 3.8) is 0 Å². The molecule has 2 rings (SSSR count). The monoisotopic (exact) mass is 265 g/mol. The summed E-state index contributed by atoms with van der Waals surface area (Å²) in [5.41, 5.74) is 1.13. The summed E-state index contributed by atoms with van der Waals surface area (Å²) in [6.45, 7) is 6.10. The molecule has 0 amide bonds. The molecule has 0 spiro atoms. The molecule has 1 fully saturated rings. The Balaban J connectivity index is 1.79. The van der Waals surface area contributed by atoms with Gasteiger partial charge >= 0.3 is 0 Å². The van der Waals surface area contributed by atoms with Crippen molar-refractivity contribution in [1.29, 1.82) is 0 Å². The third-order valence-corrected chi connectivity index (χ3v) is 3.42. The minimum Gasteiger partial charge on any atom is -0.504 e. The summed E-state index contributed by atoms with van der Waals surface area (Å²) >= 11 is 0. The Kier molecular flexibility index (Phi) is 5.05. The molecule has 1 saturated carbocycles. The number of phenolic OH excluding ortho intramolecular Hbond substituents is 1. The van der Waals surface area contributed by atoms with Gasteiger partial charge in [-0.15, -0.1) is 0 Å². The summed E-state index contributed by atoms with van der Waals surface area (Å²) in [5, 5.41) is 13.1. The highest BCUT2D eigenvalue weighted by molar-refractivity contribution is 5.41. The fourth-order valence-electron chi connectivity index (χ4n) is 2.31. The van der Waals surface area contributed by atoms with E-state index >= 15 is 0 Å². The van der Waals surface area contributed by atoms with Gasteiger partial charge < -0.3 is 19.9 Å². The van der Waals surface area contributed by atoms with Gasteiger partial charge in [0.05, 0.1) is 12.7 Å². The molecule has 0 heterocycles. The van der Waals surface area contributed by atoms with E-state index in [1.165, 1.54) is 0 Å². The summed E-state index contributed by atoms with van der Waals surface area (Å²) in [5.74, 6) is 0.758. The third kappa shape index (κ3) is 3.85. The van der Waals surface area contributed by atoms with Crippen LogP contribution in [-0.4, -0.2) is 30.5 Å². The maximum absolute atomic E-state index is 9.63. The second-order valence-corrected chi connectivity index (χ2v) is 4.86. The number of aromatic hydroxyl groups is 1. The van der Waals surface area contributed by atoms with E-state index in [0.29, 0.717) is 24.5 Å². The van der Waals surface area contributed by atoms with Gasteiger partial charge in [0.2, 0.25) is 0 Å². The molecule has 0 aliphatic heterocycles. The van der Waals surface area contributed by atoms with Gasteiger partial charge in [0, 0.05) is 19.2 Å². The van der Waals surface area contributed by atoms with Crippen molar-refractivity contribution >= 4 is 0 Å². The molecule has 1 aromatic rings. The van der Waals surface area contributed by atoms with E-state index in [-0.39, 0.29) is 5.75 Å². The van der Waals surface area contributed by atoms with Crippen LogP contribution in [0.2, 0.25) is 0 Å². The zero-order chi connectivity index (χ0) is 13.7. The molecule has 0 radical (unpaired) electrons. The van der Waals surface area contributed by atoms with Gasteiger partial charge in [-0.1, -0.05) is 6.07 Å². The summed E-state index contributed by atoms with van der Waals surface area (Å²) in [7, 11) is 0. The lowest BCUT2D eigenvalue weighted by molar-refractivity contribution is -0.0102. The lowest BCUT2D eigenvalue weighted by Gasteiger charge is -2.35. The van der Waals surface area contributed by atoms with Crippen LogP contribution in [0, 0.1) is 0 Å². The fraction of sp³-hybridized carbons (Fsp3) is 0.600. The molecule has 0 bridgehead atoms. The smallest absolute Gasteiger partial charge is 0.161 e. The quantitative estimate of drug-likeness (QED) is 0.795. The molecule has 4 heteroatoms. The number of ether oxygens (including phenoxy) is 2. The molecule has 106 valence electrons. The summed E-state index contributed by atoms with van der Waals surface area (Å²) in [6, 6.07) is 6.04. The van der Waals surface area contributed by atoms with Gasteiger partial charge in [-0.2, -0.15) is 0 Å². The topological polar surface area (TPSA) is 50.7 Å². The molecule has 2 N–H and O–H groups in total. The van der Waals surface area contributed by atoms with Crippen LogP contribution >= 0.6 is 0 Å². The highest BCUT2D eigenvalue weighted by atomic mass is 16.5.